The highest BCUT2D eigenvalue weighted by Gasteiger charge is 2.22. The third-order valence-electron chi connectivity index (χ3n) is 4.06. The predicted molar refractivity (Wildman–Crippen MR) is 89.4 cm³/mol. The minimum Gasteiger partial charge on any atom is -0.491 e. The smallest absolute Gasteiger partial charge is 0.225 e. The van der Waals surface area contributed by atoms with Crippen molar-refractivity contribution in [3.63, 3.8) is 0 Å². The van der Waals surface area contributed by atoms with Crippen LogP contribution in [0, 0.1) is 5.92 Å². The van der Waals surface area contributed by atoms with Crippen LogP contribution in [0.4, 0.5) is 0 Å². The number of rotatable bonds is 7. The Bertz CT molecular complexity index is 473. The summed E-state index contributed by atoms with van der Waals surface area (Å²) >= 11 is 6.02. The van der Waals surface area contributed by atoms with E-state index in [-0.39, 0.29) is 5.91 Å². The summed E-state index contributed by atoms with van der Waals surface area (Å²) in [6.45, 7) is 6.30. The zero-order valence-electron chi connectivity index (χ0n) is 13.2. The number of hydrogen-bond acceptors (Lipinski definition) is 3. The maximum Gasteiger partial charge on any atom is 0.225 e. The van der Waals surface area contributed by atoms with Gasteiger partial charge >= 0.3 is 0 Å². The molecule has 1 N–H and O–H groups in total. The topological polar surface area (TPSA) is 41.6 Å². The van der Waals surface area contributed by atoms with E-state index in [2.05, 4.69) is 12.2 Å². The molecule has 1 aliphatic rings. The molecule has 1 fully saturated rings. The Morgan fingerprint density at radius 2 is 2.09 bits per heavy atom. The number of nitrogens with zero attached hydrogens (tertiary/aromatic N) is 1. The normalized spacial score (nSPS) is 15.8. The molecule has 0 spiro atoms. The third-order valence-corrected chi connectivity index (χ3v) is 4.37. The molecule has 5 heteroatoms. The van der Waals surface area contributed by atoms with Crippen LogP contribution in [0.25, 0.3) is 0 Å². The van der Waals surface area contributed by atoms with E-state index in [4.69, 9.17) is 16.3 Å². The van der Waals surface area contributed by atoms with Crippen molar-refractivity contribution in [3.05, 3.63) is 29.3 Å². The number of halogens is 1. The molecule has 0 unspecified atom stereocenters. The number of ether oxygens (including phenoxy) is 1. The molecule has 0 aromatic heterocycles. The fourth-order valence-corrected chi connectivity index (χ4v) is 2.89. The Morgan fingerprint density at radius 1 is 1.36 bits per heavy atom. The van der Waals surface area contributed by atoms with Crippen molar-refractivity contribution in [2.45, 2.75) is 26.2 Å². The molecule has 4 nitrogen and oxygen atoms in total. The van der Waals surface area contributed by atoms with Crippen LogP contribution in [0.1, 0.15) is 26.2 Å². The summed E-state index contributed by atoms with van der Waals surface area (Å²) in [6.07, 6.45) is 2.58. The molecule has 0 bridgehead atoms. The second-order valence-corrected chi connectivity index (χ2v) is 6.07. The Labute approximate surface area is 137 Å². The first kappa shape index (κ1) is 17.1. The molecule has 1 aromatic rings. The van der Waals surface area contributed by atoms with Crippen molar-refractivity contribution in [2.75, 3.05) is 32.8 Å². The summed E-state index contributed by atoms with van der Waals surface area (Å²) in [5.74, 6) is 1.51. The van der Waals surface area contributed by atoms with Gasteiger partial charge in [-0.1, -0.05) is 30.7 Å². The van der Waals surface area contributed by atoms with Gasteiger partial charge in [-0.3, -0.25) is 4.79 Å². The number of benzene rings is 1. The van der Waals surface area contributed by atoms with E-state index in [1.165, 1.54) is 0 Å². The molecule has 1 aromatic carbocycles. The molecule has 2 rings (SSSR count). The van der Waals surface area contributed by atoms with Crippen molar-refractivity contribution in [1.29, 1.82) is 0 Å². The molecule has 1 amide bonds. The molecule has 1 aliphatic heterocycles. The van der Waals surface area contributed by atoms with Crippen LogP contribution < -0.4 is 10.1 Å². The average Bonchev–Trinajstić information content (AvgIpc) is 2.55. The van der Waals surface area contributed by atoms with Gasteiger partial charge in [0.2, 0.25) is 5.91 Å². The zero-order valence-corrected chi connectivity index (χ0v) is 13.9. The van der Waals surface area contributed by atoms with Gasteiger partial charge < -0.3 is 15.0 Å². The SMILES string of the molecule is CCNCC1CCN(C(=O)CCOc2ccccc2Cl)CC1. The van der Waals surface area contributed by atoms with Crippen LogP contribution in [0.15, 0.2) is 24.3 Å². The highest BCUT2D eigenvalue weighted by molar-refractivity contribution is 6.32. The summed E-state index contributed by atoms with van der Waals surface area (Å²) < 4.78 is 5.58. The van der Waals surface area contributed by atoms with E-state index in [1.807, 2.05) is 23.1 Å². The first-order chi connectivity index (χ1) is 10.7. The van der Waals surface area contributed by atoms with Crippen LogP contribution in [0.5, 0.6) is 5.75 Å². The Kier molecular flexibility index (Phi) is 7.00. The van der Waals surface area contributed by atoms with E-state index in [9.17, 15) is 4.79 Å². The number of amides is 1. The lowest BCUT2D eigenvalue weighted by atomic mass is 9.96. The molecule has 0 radical (unpaired) electrons. The summed E-state index contributed by atoms with van der Waals surface area (Å²) in [7, 11) is 0. The largest absolute Gasteiger partial charge is 0.491 e. The number of piperidine rings is 1. The van der Waals surface area contributed by atoms with E-state index >= 15 is 0 Å². The maximum atomic E-state index is 12.2. The molecular formula is C17H25ClN2O2. The summed E-state index contributed by atoms with van der Waals surface area (Å²) in [4.78, 5) is 14.1. The fraction of sp³-hybridized carbons (Fsp3) is 0.588. The van der Waals surface area contributed by atoms with Crippen molar-refractivity contribution in [2.24, 2.45) is 5.92 Å². The van der Waals surface area contributed by atoms with Crippen molar-refractivity contribution >= 4 is 17.5 Å². The second-order valence-electron chi connectivity index (χ2n) is 5.66. The minimum absolute atomic E-state index is 0.175. The van der Waals surface area contributed by atoms with Gasteiger partial charge in [0.25, 0.3) is 0 Å². The minimum atomic E-state index is 0.175. The summed E-state index contributed by atoms with van der Waals surface area (Å²) in [5.41, 5.74) is 0. The van der Waals surface area contributed by atoms with Gasteiger partial charge in [0.05, 0.1) is 18.1 Å². The molecule has 22 heavy (non-hydrogen) atoms. The van der Waals surface area contributed by atoms with Crippen molar-refractivity contribution in [1.82, 2.24) is 10.2 Å². The van der Waals surface area contributed by atoms with Gasteiger partial charge in [0, 0.05) is 13.1 Å². The van der Waals surface area contributed by atoms with Gasteiger partial charge in [-0.25, -0.2) is 0 Å². The number of para-hydroxylation sites is 1. The molecule has 0 saturated carbocycles. The van der Waals surface area contributed by atoms with Gasteiger partial charge in [0.15, 0.2) is 0 Å². The molecule has 1 saturated heterocycles. The number of carbonyl (C=O) groups is 1. The van der Waals surface area contributed by atoms with E-state index < -0.39 is 0 Å². The highest BCUT2D eigenvalue weighted by Crippen LogP contribution is 2.23. The Morgan fingerprint density at radius 3 is 2.77 bits per heavy atom. The van der Waals surface area contributed by atoms with Gasteiger partial charge in [-0.05, 0) is 44.0 Å². The van der Waals surface area contributed by atoms with Crippen LogP contribution in [0.2, 0.25) is 5.02 Å². The van der Waals surface area contributed by atoms with Crippen LogP contribution >= 0.6 is 11.6 Å². The predicted octanol–water partition coefficient (Wildman–Crippen LogP) is 2.96. The van der Waals surface area contributed by atoms with Gasteiger partial charge in [-0.2, -0.15) is 0 Å². The lowest BCUT2D eigenvalue weighted by Gasteiger charge is -2.32. The lowest BCUT2D eigenvalue weighted by molar-refractivity contribution is -0.133. The lowest BCUT2D eigenvalue weighted by Crippen LogP contribution is -2.41. The first-order valence-electron chi connectivity index (χ1n) is 8.06. The molecule has 0 atom stereocenters. The summed E-state index contributed by atoms with van der Waals surface area (Å²) in [5, 5.41) is 3.97. The molecule has 0 aliphatic carbocycles. The molecule has 122 valence electrons. The van der Waals surface area contributed by atoms with Crippen molar-refractivity contribution in [3.8, 4) is 5.75 Å². The maximum absolute atomic E-state index is 12.2. The zero-order chi connectivity index (χ0) is 15.8. The highest BCUT2D eigenvalue weighted by atomic mass is 35.5. The molecule has 1 heterocycles. The average molecular weight is 325 g/mol. The third kappa shape index (κ3) is 5.18. The Hall–Kier alpha value is -1.26. The number of likely N-dealkylation sites (tertiary alicyclic amines) is 1. The Balaban J connectivity index is 1.67. The van der Waals surface area contributed by atoms with Crippen LogP contribution in [0.3, 0.4) is 0 Å². The van der Waals surface area contributed by atoms with E-state index in [0.717, 1.165) is 39.0 Å². The van der Waals surface area contributed by atoms with Gasteiger partial charge in [0.1, 0.15) is 5.75 Å². The molecular weight excluding hydrogens is 300 g/mol. The fourth-order valence-electron chi connectivity index (χ4n) is 2.70. The second kappa shape index (κ2) is 9.01. The quantitative estimate of drug-likeness (QED) is 0.838. The number of nitrogens with one attached hydrogen (secondary N) is 1. The van der Waals surface area contributed by atoms with Gasteiger partial charge in [-0.15, -0.1) is 0 Å². The van der Waals surface area contributed by atoms with Crippen LogP contribution in [-0.2, 0) is 4.79 Å². The number of carbonyl (C=O) groups excluding carboxylic acids is 1. The summed E-state index contributed by atoms with van der Waals surface area (Å²) in [6, 6.07) is 7.34. The first-order valence-corrected chi connectivity index (χ1v) is 8.44. The van der Waals surface area contributed by atoms with E-state index in [1.54, 1.807) is 6.07 Å². The standard InChI is InChI=1S/C17H25ClN2O2/c1-2-19-13-14-7-10-20(11-8-14)17(21)9-12-22-16-6-4-3-5-15(16)18/h3-6,14,19H,2,7-13H2,1H3. The van der Waals surface area contributed by atoms with E-state index in [0.29, 0.717) is 29.7 Å². The van der Waals surface area contributed by atoms with Crippen LogP contribution in [-0.4, -0.2) is 43.6 Å². The number of hydrogen-bond donors (Lipinski definition) is 1. The monoisotopic (exact) mass is 324 g/mol. The van der Waals surface area contributed by atoms with Crippen molar-refractivity contribution < 1.29 is 9.53 Å².